The Hall–Kier alpha value is -1.64. The molecule has 3 atom stereocenters. The third kappa shape index (κ3) is 3.22. The lowest BCUT2D eigenvalue weighted by molar-refractivity contribution is 0.103. The molecule has 0 radical (unpaired) electrons. The zero-order valence-corrected chi connectivity index (χ0v) is 11.5. The first-order chi connectivity index (χ1) is 9.09. The van der Waals surface area contributed by atoms with Crippen molar-refractivity contribution < 1.29 is 5.11 Å². The molecule has 0 aromatic heterocycles. The Bertz CT molecular complexity index is 507. The minimum absolute atomic E-state index is 0.0369. The summed E-state index contributed by atoms with van der Waals surface area (Å²) in [6.07, 6.45) is -0.544. The molecule has 0 saturated heterocycles. The van der Waals surface area contributed by atoms with Gasteiger partial charge in [-0.05, 0) is 18.1 Å². The summed E-state index contributed by atoms with van der Waals surface area (Å²) < 4.78 is 0. The number of aliphatic hydroxyl groups excluding tert-OH is 1. The number of aryl methyl sites for hydroxylation is 1. The molecule has 2 aromatic carbocycles. The maximum atomic E-state index is 10.4. The van der Waals surface area contributed by atoms with E-state index in [0.29, 0.717) is 0 Å². The number of hydrogen-bond acceptors (Lipinski definition) is 2. The molecule has 100 valence electrons. The molecule has 0 fully saturated rings. The van der Waals surface area contributed by atoms with E-state index in [2.05, 4.69) is 19.1 Å². The van der Waals surface area contributed by atoms with Crippen LogP contribution in [0.4, 0.5) is 0 Å². The fourth-order valence-electron chi connectivity index (χ4n) is 2.24. The third-order valence-electron chi connectivity index (χ3n) is 3.67. The van der Waals surface area contributed by atoms with Crippen molar-refractivity contribution in [3.8, 4) is 0 Å². The number of nitrogens with two attached hydrogens (primary N) is 1. The fraction of sp³-hybridized carbons (Fsp3) is 0.294. The van der Waals surface area contributed by atoms with Gasteiger partial charge in [-0.2, -0.15) is 0 Å². The molecule has 0 unspecified atom stereocenters. The highest BCUT2D eigenvalue weighted by Crippen LogP contribution is 2.30. The van der Waals surface area contributed by atoms with Gasteiger partial charge >= 0.3 is 0 Å². The maximum Gasteiger partial charge on any atom is 0.0833 e. The van der Waals surface area contributed by atoms with E-state index >= 15 is 0 Å². The lowest BCUT2D eigenvalue weighted by Crippen LogP contribution is -2.24. The summed E-state index contributed by atoms with van der Waals surface area (Å²) in [4.78, 5) is 0. The van der Waals surface area contributed by atoms with Gasteiger partial charge in [-0.1, -0.05) is 67.1 Å². The van der Waals surface area contributed by atoms with Gasteiger partial charge in [0.25, 0.3) is 0 Å². The Kier molecular flexibility index (Phi) is 4.35. The first-order valence-electron chi connectivity index (χ1n) is 6.64. The zero-order chi connectivity index (χ0) is 13.8. The van der Waals surface area contributed by atoms with Crippen molar-refractivity contribution in [1.29, 1.82) is 0 Å². The van der Waals surface area contributed by atoms with Crippen LogP contribution in [0, 0.1) is 12.8 Å². The summed E-state index contributed by atoms with van der Waals surface area (Å²) in [6, 6.07) is 17.7. The monoisotopic (exact) mass is 255 g/mol. The summed E-state index contributed by atoms with van der Waals surface area (Å²) in [5.41, 5.74) is 9.46. The van der Waals surface area contributed by atoms with Crippen LogP contribution in [-0.4, -0.2) is 5.11 Å². The second kappa shape index (κ2) is 6.00. The molecule has 0 aliphatic heterocycles. The predicted molar refractivity (Wildman–Crippen MR) is 78.7 cm³/mol. The van der Waals surface area contributed by atoms with Crippen molar-refractivity contribution in [2.45, 2.75) is 26.0 Å². The summed E-state index contributed by atoms with van der Waals surface area (Å²) >= 11 is 0. The second-order valence-electron chi connectivity index (χ2n) is 5.15. The molecule has 2 nitrogen and oxygen atoms in total. The Labute approximate surface area is 114 Å². The smallest absolute Gasteiger partial charge is 0.0833 e. The van der Waals surface area contributed by atoms with Gasteiger partial charge in [-0.3, -0.25) is 0 Å². The van der Waals surface area contributed by atoms with Gasteiger partial charge in [0.1, 0.15) is 0 Å². The highest BCUT2D eigenvalue weighted by Gasteiger charge is 2.23. The highest BCUT2D eigenvalue weighted by atomic mass is 16.3. The lowest BCUT2D eigenvalue weighted by Gasteiger charge is -2.25. The molecule has 0 amide bonds. The molecule has 0 aliphatic carbocycles. The first-order valence-corrected chi connectivity index (χ1v) is 6.64. The number of hydrogen-bond donors (Lipinski definition) is 2. The van der Waals surface area contributed by atoms with Gasteiger partial charge in [0.05, 0.1) is 6.10 Å². The van der Waals surface area contributed by atoms with Crippen LogP contribution >= 0.6 is 0 Å². The minimum Gasteiger partial charge on any atom is -0.388 e. The van der Waals surface area contributed by atoms with E-state index in [0.717, 1.165) is 11.1 Å². The van der Waals surface area contributed by atoms with Crippen LogP contribution in [0.2, 0.25) is 0 Å². The van der Waals surface area contributed by atoms with Crippen molar-refractivity contribution in [2.75, 3.05) is 0 Å². The van der Waals surface area contributed by atoms with Crippen molar-refractivity contribution in [3.63, 3.8) is 0 Å². The fourth-order valence-corrected chi connectivity index (χ4v) is 2.24. The van der Waals surface area contributed by atoms with Crippen LogP contribution in [-0.2, 0) is 0 Å². The Morgan fingerprint density at radius 2 is 1.47 bits per heavy atom. The van der Waals surface area contributed by atoms with E-state index in [9.17, 15) is 5.11 Å². The molecule has 0 heterocycles. The van der Waals surface area contributed by atoms with Crippen LogP contribution in [0.15, 0.2) is 54.6 Å². The van der Waals surface area contributed by atoms with Crippen molar-refractivity contribution >= 4 is 0 Å². The average molecular weight is 255 g/mol. The van der Waals surface area contributed by atoms with Gasteiger partial charge in [-0.25, -0.2) is 0 Å². The van der Waals surface area contributed by atoms with Gasteiger partial charge in [0, 0.05) is 12.0 Å². The average Bonchev–Trinajstić information content (AvgIpc) is 2.46. The highest BCUT2D eigenvalue weighted by molar-refractivity contribution is 5.26. The number of rotatable bonds is 4. The normalized spacial score (nSPS) is 15.8. The standard InChI is InChI=1S/C17H21NO/c1-12-8-10-14(11-9-12)16(18)13(2)17(19)15-6-4-3-5-7-15/h3-11,13,16-17,19H,18H2,1-2H3/t13-,16+,17+/m1/s1. The van der Waals surface area contributed by atoms with Crippen molar-refractivity contribution in [3.05, 3.63) is 71.3 Å². The molecule has 19 heavy (non-hydrogen) atoms. The Morgan fingerprint density at radius 1 is 0.895 bits per heavy atom. The summed E-state index contributed by atoms with van der Waals surface area (Å²) in [5.74, 6) is -0.0369. The van der Waals surface area contributed by atoms with Gasteiger partial charge < -0.3 is 10.8 Å². The molecular weight excluding hydrogens is 234 g/mol. The molecule has 0 aliphatic rings. The quantitative estimate of drug-likeness (QED) is 0.880. The molecule has 2 aromatic rings. The first kappa shape index (κ1) is 13.8. The Morgan fingerprint density at radius 3 is 2.05 bits per heavy atom. The topological polar surface area (TPSA) is 46.2 Å². The van der Waals surface area contributed by atoms with E-state index in [1.165, 1.54) is 5.56 Å². The predicted octanol–water partition coefficient (Wildman–Crippen LogP) is 3.36. The number of benzene rings is 2. The maximum absolute atomic E-state index is 10.4. The summed E-state index contributed by atoms with van der Waals surface area (Å²) in [5, 5.41) is 10.4. The van der Waals surface area contributed by atoms with E-state index in [4.69, 9.17) is 5.73 Å². The van der Waals surface area contributed by atoms with Crippen LogP contribution < -0.4 is 5.73 Å². The molecule has 2 rings (SSSR count). The Balaban J connectivity index is 2.15. The summed E-state index contributed by atoms with van der Waals surface area (Å²) in [6.45, 7) is 4.04. The zero-order valence-electron chi connectivity index (χ0n) is 11.5. The van der Waals surface area contributed by atoms with Crippen LogP contribution in [0.25, 0.3) is 0 Å². The molecule has 0 saturated carbocycles. The molecule has 3 N–H and O–H groups in total. The minimum atomic E-state index is -0.544. The molecule has 0 bridgehead atoms. The molecular formula is C17H21NO. The number of aliphatic hydroxyl groups is 1. The van der Waals surface area contributed by atoms with Gasteiger partial charge in [0.15, 0.2) is 0 Å². The second-order valence-corrected chi connectivity index (χ2v) is 5.15. The van der Waals surface area contributed by atoms with Crippen molar-refractivity contribution in [2.24, 2.45) is 11.7 Å². The SMILES string of the molecule is Cc1ccc([C@@H](N)[C@@H](C)[C@H](O)c2ccccc2)cc1. The molecule has 0 spiro atoms. The third-order valence-corrected chi connectivity index (χ3v) is 3.67. The largest absolute Gasteiger partial charge is 0.388 e. The van der Waals surface area contributed by atoms with Gasteiger partial charge in [0.2, 0.25) is 0 Å². The van der Waals surface area contributed by atoms with Crippen LogP contribution in [0.5, 0.6) is 0 Å². The van der Waals surface area contributed by atoms with E-state index in [1.54, 1.807) is 0 Å². The van der Waals surface area contributed by atoms with E-state index < -0.39 is 6.10 Å². The van der Waals surface area contributed by atoms with Gasteiger partial charge in [-0.15, -0.1) is 0 Å². The van der Waals surface area contributed by atoms with Crippen LogP contribution in [0.3, 0.4) is 0 Å². The summed E-state index contributed by atoms with van der Waals surface area (Å²) in [7, 11) is 0. The molecule has 2 heteroatoms. The van der Waals surface area contributed by atoms with Crippen LogP contribution in [0.1, 0.15) is 35.8 Å². The lowest BCUT2D eigenvalue weighted by atomic mass is 9.87. The van der Waals surface area contributed by atoms with E-state index in [1.807, 2.05) is 49.4 Å². The van der Waals surface area contributed by atoms with Crippen molar-refractivity contribution in [1.82, 2.24) is 0 Å². The van der Waals surface area contributed by atoms with E-state index in [-0.39, 0.29) is 12.0 Å².